The number of methoxy groups -OCH3 is 2. The van der Waals surface area contributed by atoms with E-state index < -0.39 is 5.92 Å². The number of allylic oxidation sites excluding steroid dienone is 2. The number of hydrogen-bond donors (Lipinski definition) is 0. The maximum Gasteiger partial charge on any atom is 0.232 e. The molecular formula is C25H25Cl2NO4. The summed E-state index contributed by atoms with van der Waals surface area (Å²) in [5.74, 6) is 0.503. The number of rotatable bonds is 4. The molecule has 2 aliphatic rings. The van der Waals surface area contributed by atoms with Gasteiger partial charge in [-0.05, 0) is 41.7 Å². The minimum Gasteiger partial charge on any atom is -0.497 e. The van der Waals surface area contributed by atoms with Gasteiger partial charge in [0.05, 0.1) is 19.9 Å². The molecule has 1 atom stereocenters. The van der Waals surface area contributed by atoms with Gasteiger partial charge in [-0.2, -0.15) is 0 Å². The van der Waals surface area contributed by atoms with E-state index in [1.165, 1.54) is 0 Å². The summed E-state index contributed by atoms with van der Waals surface area (Å²) < 4.78 is 10.9. The maximum atomic E-state index is 13.6. The Labute approximate surface area is 197 Å². The van der Waals surface area contributed by atoms with Crippen molar-refractivity contribution in [2.45, 2.75) is 39.0 Å². The Bertz CT molecular complexity index is 1120. The number of ether oxygens (including phenoxy) is 2. The Balaban J connectivity index is 1.96. The van der Waals surface area contributed by atoms with Crippen molar-refractivity contribution in [3.8, 4) is 11.5 Å². The monoisotopic (exact) mass is 473 g/mol. The Morgan fingerprint density at radius 3 is 2.31 bits per heavy atom. The standard InChI is InChI=1S/C25H25Cl2NO4/c1-25(2)12-19-24(20(29)13-25)15(23-16(26)6-5-7-17(23)27)11-22(30)28(19)18-9-8-14(31-3)10-21(18)32-4/h5-10,15H,11-13H2,1-4H3. The summed E-state index contributed by atoms with van der Waals surface area (Å²) >= 11 is 13.0. The van der Waals surface area contributed by atoms with Crippen LogP contribution in [0.4, 0.5) is 5.69 Å². The van der Waals surface area contributed by atoms with Crippen LogP contribution in [0.3, 0.4) is 0 Å². The number of Topliss-reactive ketones (excluding diaryl/α,β-unsaturated/α-hetero) is 1. The van der Waals surface area contributed by atoms with Crippen molar-refractivity contribution in [2.24, 2.45) is 5.41 Å². The summed E-state index contributed by atoms with van der Waals surface area (Å²) in [6.45, 7) is 4.07. The molecule has 0 radical (unpaired) electrons. The van der Waals surface area contributed by atoms with Gasteiger partial charge in [-0.25, -0.2) is 0 Å². The summed E-state index contributed by atoms with van der Waals surface area (Å²) in [4.78, 5) is 28.7. The first-order valence-corrected chi connectivity index (χ1v) is 11.2. The topological polar surface area (TPSA) is 55.8 Å². The lowest BCUT2D eigenvalue weighted by atomic mass is 9.69. The molecule has 7 heteroatoms. The Kier molecular flexibility index (Phi) is 5.99. The van der Waals surface area contributed by atoms with Gasteiger partial charge in [0.1, 0.15) is 11.5 Å². The van der Waals surface area contributed by atoms with Gasteiger partial charge in [-0.15, -0.1) is 0 Å². The average molecular weight is 474 g/mol. The van der Waals surface area contributed by atoms with E-state index in [1.54, 1.807) is 55.5 Å². The summed E-state index contributed by atoms with van der Waals surface area (Å²) in [6.07, 6.45) is 1.05. The lowest BCUT2D eigenvalue weighted by Crippen LogP contribution is -2.44. The van der Waals surface area contributed by atoms with Crippen LogP contribution < -0.4 is 14.4 Å². The van der Waals surface area contributed by atoms with Crippen molar-refractivity contribution in [1.29, 1.82) is 0 Å². The van der Waals surface area contributed by atoms with Crippen molar-refractivity contribution in [2.75, 3.05) is 19.1 Å². The second-order valence-electron chi connectivity index (χ2n) is 8.96. The fourth-order valence-electron chi connectivity index (χ4n) is 4.75. The van der Waals surface area contributed by atoms with E-state index in [9.17, 15) is 9.59 Å². The molecule has 168 valence electrons. The van der Waals surface area contributed by atoms with E-state index in [-0.39, 0.29) is 23.5 Å². The molecule has 0 bridgehead atoms. The van der Waals surface area contributed by atoms with Gasteiger partial charge in [0.25, 0.3) is 0 Å². The minimum atomic E-state index is -0.484. The Morgan fingerprint density at radius 2 is 1.69 bits per heavy atom. The van der Waals surface area contributed by atoms with Crippen LogP contribution in [0.2, 0.25) is 10.0 Å². The quantitative estimate of drug-likeness (QED) is 0.532. The van der Waals surface area contributed by atoms with Gasteiger partial charge in [-0.3, -0.25) is 14.5 Å². The number of nitrogens with zero attached hydrogens (tertiary/aromatic N) is 1. The van der Waals surface area contributed by atoms with Crippen molar-refractivity contribution < 1.29 is 19.1 Å². The van der Waals surface area contributed by atoms with Crippen LogP contribution in [0.25, 0.3) is 0 Å². The van der Waals surface area contributed by atoms with E-state index in [2.05, 4.69) is 0 Å². The fraction of sp³-hybridized carbons (Fsp3) is 0.360. The van der Waals surface area contributed by atoms with E-state index >= 15 is 0 Å². The molecule has 1 unspecified atom stereocenters. The molecule has 0 aromatic heterocycles. The van der Waals surface area contributed by atoms with Crippen molar-refractivity contribution in [3.63, 3.8) is 0 Å². The molecule has 1 aliphatic carbocycles. The molecular weight excluding hydrogens is 449 g/mol. The average Bonchev–Trinajstić information content (AvgIpc) is 2.72. The van der Waals surface area contributed by atoms with Crippen LogP contribution in [0.1, 0.15) is 44.6 Å². The predicted octanol–water partition coefficient (Wildman–Crippen LogP) is 6.17. The maximum absolute atomic E-state index is 13.6. The highest BCUT2D eigenvalue weighted by molar-refractivity contribution is 6.36. The number of anilines is 1. The summed E-state index contributed by atoms with van der Waals surface area (Å²) in [5, 5.41) is 0.908. The van der Waals surface area contributed by atoms with Gasteiger partial charge in [0, 0.05) is 46.1 Å². The number of ketones is 1. The number of halogens is 2. The molecule has 0 N–H and O–H groups in total. The summed E-state index contributed by atoms with van der Waals surface area (Å²) in [6, 6.07) is 10.5. The number of amides is 1. The molecule has 1 aliphatic heterocycles. The van der Waals surface area contributed by atoms with E-state index in [0.717, 1.165) is 0 Å². The zero-order chi connectivity index (χ0) is 23.2. The molecule has 0 saturated carbocycles. The molecule has 2 aromatic carbocycles. The summed E-state index contributed by atoms with van der Waals surface area (Å²) in [7, 11) is 3.12. The van der Waals surface area contributed by atoms with Crippen LogP contribution in [-0.4, -0.2) is 25.9 Å². The van der Waals surface area contributed by atoms with Crippen LogP contribution in [0.5, 0.6) is 11.5 Å². The Hall–Kier alpha value is -2.50. The molecule has 1 amide bonds. The normalized spacial score (nSPS) is 20.3. The first kappa shape index (κ1) is 22.7. The summed E-state index contributed by atoms with van der Waals surface area (Å²) in [5.41, 5.74) is 2.22. The molecule has 0 fully saturated rings. The first-order valence-electron chi connectivity index (χ1n) is 10.4. The third-order valence-electron chi connectivity index (χ3n) is 6.12. The van der Waals surface area contributed by atoms with Crippen LogP contribution >= 0.6 is 23.2 Å². The van der Waals surface area contributed by atoms with Gasteiger partial charge in [0.15, 0.2) is 5.78 Å². The molecule has 1 heterocycles. The number of carbonyl (C=O) groups is 2. The number of hydrogen-bond acceptors (Lipinski definition) is 4. The lowest BCUT2D eigenvalue weighted by Gasteiger charge is -2.43. The SMILES string of the molecule is COc1ccc(N2C(=O)CC(c3c(Cl)cccc3Cl)C3=C2CC(C)(C)CC3=O)c(OC)c1. The highest BCUT2D eigenvalue weighted by Crippen LogP contribution is 2.51. The molecule has 4 rings (SSSR count). The van der Waals surface area contributed by atoms with Gasteiger partial charge in [-0.1, -0.05) is 43.1 Å². The zero-order valence-electron chi connectivity index (χ0n) is 18.5. The van der Waals surface area contributed by atoms with Crippen LogP contribution in [0.15, 0.2) is 47.7 Å². The van der Waals surface area contributed by atoms with E-state index in [4.69, 9.17) is 32.7 Å². The predicted molar refractivity (Wildman–Crippen MR) is 126 cm³/mol. The second-order valence-corrected chi connectivity index (χ2v) is 9.77. The van der Waals surface area contributed by atoms with E-state index in [1.807, 2.05) is 13.8 Å². The van der Waals surface area contributed by atoms with Crippen LogP contribution in [0, 0.1) is 5.41 Å². The molecule has 32 heavy (non-hydrogen) atoms. The molecule has 0 spiro atoms. The molecule has 2 aromatic rings. The third kappa shape index (κ3) is 3.89. The highest BCUT2D eigenvalue weighted by Gasteiger charge is 2.45. The largest absolute Gasteiger partial charge is 0.497 e. The first-order chi connectivity index (χ1) is 15.2. The minimum absolute atomic E-state index is 0.0159. The van der Waals surface area contributed by atoms with Crippen molar-refractivity contribution in [1.82, 2.24) is 0 Å². The molecule has 0 saturated heterocycles. The zero-order valence-corrected chi connectivity index (χ0v) is 20.0. The fourth-order valence-corrected chi connectivity index (χ4v) is 5.42. The van der Waals surface area contributed by atoms with Gasteiger partial charge >= 0.3 is 0 Å². The smallest absolute Gasteiger partial charge is 0.232 e. The van der Waals surface area contributed by atoms with Gasteiger partial charge in [0.2, 0.25) is 5.91 Å². The lowest BCUT2D eigenvalue weighted by molar-refractivity contribution is -0.121. The third-order valence-corrected chi connectivity index (χ3v) is 6.78. The van der Waals surface area contributed by atoms with Gasteiger partial charge < -0.3 is 9.47 Å². The van der Waals surface area contributed by atoms with Crippen LogP contribution in [-0.2, 0) is 9.59 Å². The molecule has 5 nitrogen and oxygen atoms in total. The van der Waals surface area contributed by atoms with E-state index in [0.29, 0.717) is 56.9 Å². The number of benzene rings is 2. The Morgan fingerprint density at radius 1 is 1.00 bits per heavy atom. The highest BCUT2D eigenvalue weighted by atomic mass is 35.5. The van der Waals surface area contributed by atoms with Crippen molar-refractivity contribution >= 4 is 40.6 Å². The number of carbonyl (C=O) groups excluding carboxylic acids is 2. The second kappa shape index (κ2) is 8.45. The van der Waals surface area contributed by atoms with Crippen molar-refractivity contribution in [3.05, 3.63) is 63.3 Å².